The van der Waals surface area contributed by atoms with E-state index in [4.69, 9.17) is 9.47 Å². The topological polar surface area (TPSA) is 192 Å². The summed E-state index contributed by atoms with van der Waals surface area (Å²) in [4.78, 5) is -0.524. The highest BCUT2D eigenvalue weighted by Gasteiger charge is 2.23. The predicted molar refractivity (Wildman–Crippen MR) is 190 cm³/mol. The van der Waals surface area contributed by atoms with Gasteiger partial charge in [-0.05, 0) is 66.0 Å². The average molecular weight is 719 g/mol. The summed E-state index contributed by atoms with van der Waals surface area (Å²) in [5.41, 5.74) is 1.62. The number of rotatable bonds is 13. The van der Waals surface area contributed by atoms with Crippen LogP contribution >= 0.6 is 0 Å². The van der Waals surface area contributed by atoms with Crippen LogP contribution in [0.4, 0.5) is 34.1 Å². The molecule has 0 amide bonds. The third-order valence-corrected chi connectivity index (χ3v) is 10.5. The van der Waals surface area contributed by atoms with Gasteiger partial charge in [0.1, 0.15) is 33.5 Å². The molecule has 0 bridgehead atoms. The van der Waals surface area contributed by atoms with Crippen LogP contribution in [-0.4, -0.2) is 58.1 Å². The Labute approximate surface area is 289 Å². The highest BCUT2D eigenvalue weighted by molar-refractivity contribution is 7.89. The minimum Gasteiger partial charge on any atom is -0.505 e. The summed E-state index contributed by atoms with van der Waals surface area (Å²) >= 11 is 0. The van der Waals surface area contributed by atoms with Gasteiger partial charge >= 0.3 is 0 Å². The zero-order valence-corrected chi connectivity index (χ0v) is 29.1. The molecule has 0 saturated heterocycles. The van der Waals surface area contributed by atoms with E-state index in [0.717, 1.165) is 5.69 Å². The lowest BCUT2D eigenvalue weighted by Crippen LogP contribution is -2.30. The molecule has 0 aromatic heterocycles. The van der Waals surface area contributed by atoms with E-state index in [0.29, 0.717) is 29.9 Å². The van der Waals surface area contributed by atoms with E-state index in [9.17, 15) is 26.5 Å². The van der Waals surface area contributed by atoms with Crippen LogP contribution in [0.3, 0.4) is 0 Å². The Balaban J connectivity index is 1.47. The molecule has 5 aromatic rings. The molecule has 0 radical (unpaired) electrons. The van der Waals surface area contributed by atoms with E-state index in [1.165, 1.54) is 61.0 Å². The zero-order chi connectivity index (χ0) is 36.1. The van der Waals surface area contributed by atoms with Crippen molar-refractivity contribution >= 4 is 65.0 Å². The second-order valence-corrected chi connectivity index (χ2v) is 14.0. The lowest BCUT2D eigenvalue weighted by Gasteiger charge is -2.18. The van der Waals surface area contributed by atoms with E-state index in [1.807, 2.05) is 30.3 Å². The van der Waals surface area contributed by atoms with Crippen LogP contribution in [0.2, 0.25) is 0 Å². The largest absolute Gasteiger partial charge is 0.505 e. The predicted octanol–water partition coefficient (Wildman–Crippen LogP) is 8.41. The first-order chi connectivity index (χ1) is 23.9. The van der Waals surface area contributed by atoms with Crippen molar-refractivity contribution in [2.45, 2.75) is 23.6 Å². The monoisotopic (exact) mass is 718 g/mol. The van der Waals surface area contributed by atoms with Gasteiger partial charge in [-0.25, -0.2) is 8.42 Å². The second-order valence-electron chi connectivity index (χ2n) is 10.7. The van der Waals surface area contributed by atoms with Crippen molar-refractivity contribution in [1.82, 2.24) is 4.31 Å². The molecule has 5 aromatic carbocycles. The number of ether oxygens (including phenoxy) is 2. The number of benzene rings is 5. The maximum atomic E-state index is 12.8. The molecule has 0 aliphatic rings. The van der Waals surface area contributed by atoms with Crippen LogP contribution in [-0.2, 0) is 20.1 Å². The Morgan fingerprint density at radius 1 is 0.720 bits per heavy atom. The van der Waals surface area contributed by atoms with Crippen LogP contribution in [0.15, 0.2) is 121 Å². The molecule has 0 aliphatic carbocycles. The number of methoxy groups -OCH3 is 2. The summed E-state index contributed by atoms with van der Waals surface area (Å²) in [6.45, 7) is 4.22. The molecule has 14 nitrogen and oxygen atoms in total. The van der Waals surface area contributed by atoms with Crippen LogP contribution < -0.4 is 14.8 Å². The number of anilines is 2. The first-order valence-electron chi connectivity index (χ1n) is 15.2. The lowest BCUT2D eigenvalue weighted by molar-refractivity contribution is 0.405. The van der Waals surface area contributed by atoms with Crippen LogP contribution in [0.25, 0.3) is 10.8 Å². The van der Waals surface area contributed by atoms with Gasteiger partial charge in [-0.3, -0.25) is 4.55 Å². The Bertz CT molecular complexity index is 2300. The molecule has 3 N–H and O–H groups in total. The third-order valence-electron chi connectivity index (χ3n) is 7.58. The summed E-state index contributed by atoms with van der Waals surface area (Å²) in [5.74, 6) is -0.174. The van der Waals surface area contributed by atoms with Gasteiger partial charge in [0.15, 0.2) is 5.75 Å². The quantitative estimate of drug-likeness (QED) is 0.0792. The highest BCUT2D eigenvalue weighted by Crippen LogP contribution is 2.45. The highest BCUT2D eigenvalue weighted by atomic mass is 32.2. The summed E-state index contributed by atoms with van der Waals surface area (Å²) in [6, 6.07) is 24.2. The number of nitrogens with zero attached hydrogens (tertiary/aromatic N) is 5. The van der Waals surface area contributed by atoms with E-state index in [-0.39, 0.29) is 33.2 Å². The Morgan fingerprint density at radius 2 is 1.32 bits per heavy atom. The first kappa shape index (κ1) is 35.9. The maximum Gasteiger partial charge on any atom is 0.296 e. The number of nitrogens with one attached hydrogen (secondary N) is 1. The van der Waals surface area contributed by atoms with Crippen molar-refractivity contribution in [3.8, 4) is 17.2 Å². The summed E-state index contributed by atoms with van der Waals surface area (Å²) in [6.07, 6.45) is 0. The van der Waals surface area contributed by atoms with Crippen LogP contribution in [0.5, 0.6) is 17.2 Å². The van der Waals surface area contributed by atoms with Crippen LogP contribution in [0.1, 0.15) is 13.8 Å². The molecule has 0 unspecified atom stereocenters. The van der Waals surface area contributed by atoms with Crippen molar-refractivity contribution in [2.75, 3.05) is 32.6 Å². The molecule has 0 atom stereocenters. The molecule has 16 heteroatoms. The second kappa shape index (κ2) is 15.0. The summed E-state index contributed by atoms with van der Waals surface area (Å²) in [5, 5.41) is 31.5. The van der Waals surface area contributed by atoms with Gasteiger partial charge in [-0.2, -0.15) is 17.8 Å². The van der Waals surface area contributed by atoms with Gasteiger partial charge < -0.3 is 19.9 Å². The number of hydrogen-bond acceptors (Lipinski definition) is 12. The molecular weight excluding hydrogens is 685 g/mol. The fourth-order valence-electron chi connectivity index (χ4n) is 5.05. The lowest BCUT2D eigenvalue weighted by atomic mass is 10.1. The minimum absolute atomic E-state index is 0.0810. The van der Waals surface area contributed by atoms with Crippen molar-refractivity contribution in [3.63, 3.8) is 0 Å². The molecule has 0 aliphatic heterocycles. The fraction of sp³-hybridized carbons (Fsp3) is 0.176. The van der Waals surface area contributed by atoms with Gasteiger partial charge in [0, 0.05) is 42.0 Å². The van der Waals surface area contributed by atoms with Gasteiger partial charge in [0.25, 0.3) is 10.1 Å². The van der Waals surface area contributed by atoms with Crippen molar-refractivity contribution in [1.29, 1.82) is 0 Å². The molecule has 0 heterocycles. The van der Waals surface area contributed by atoms with E-state index in [1.54, 1.807) is 32.0 Å². The molecule has 5 rings (SSSR count). The SMILES string of the molecule is CCN(CC)S(=O)(=O)c1ccc(N=Nc2cc(OC)c(N=Nc3c(S(=O)(=O)O)cc4cc(Nc5ccccc5)ccc4c3O)cc2OC)cc1. The maximum absolute atomic E-state index is 12.8. The molecular formula is C34H34N6O8S2. The summed E-state index contributed by atoms with van der Waals surface area (Å²) < 4.78 is 72.8. The van der Waals surface area contributed by atoms with Crippen LogP contribution in [0, 0.1) is 0 Å². The normalized spacial score (nSPS) is 12.3. The van der Waals surface area contributed by atoms with Crippen molar-refractivity contribution < 1.29 is 36.0 Å². The number of sulfonamides is 1. The molecule has 0 fully saturated rings. The van der Waals surface area contributed by atoms with Gasteiger partial charge in [-0.1, -0.05) is 32.0 Å². The molecule has 260 valence electrons. The van der Waals surface area contributed by atoms with E-state index < -0.39 is 36.5 Å². The number of phenolic OH excluding ortho intramolecular Hbond substituents is 1. The van der Waals surface area contributed by atoms with Gasteiger partial charge in [0.05, 0.1) is 24.8 Å². The molecule has 0 spiro atoms. The number of aromatic hydroxyl groups is 1. The van der Waals surface area contributed by atoms with E-state index >= 15 is 0 Å². The van der Waals surface area contributed by atoms with Gasteiger partial charge in [-0.15, -0.1) is 15.3 Å². The van der Waals surface area contributed by atoms with E-state index in [2.05, 4.69) is 25.8 Å². The Hall–Kier alpha value is -5.42. The first-order valence-corrected chi connectivity index (χ1v) is 18.1. The summed E-state index contributed by atoms with van der Waals surface area (Å²) in [7, 11) is -5.74. The van der Waals surface area contributed by atoms with Crippen molar-refractivity contribution in [3.05, 3.63) is 91.0 Å². The van der Waals surface area contributed by atoms with Gasteiger partial charge in [0.2, 0.25) is 10.0 Å². The number of azo groups is 2. The molecule has 50 heavy (non-hydrogen) atoms. The molecule has 0 saturated carbocycles. The average Bonchev–Trinajstić information content (AvgIpc) is 3.10. The third kappa shape index (κ3) is 7.73. The standard InChI is InChI=1S/C34H34N6O8S2/c1-5-40(6-2)49(42,43)26-15-12-24(13-16-26)36-37-28-20-31(48-4)29(21-30(28)47-3)38-39-33-32(50(44,45)46)19-22-18-25(14-17-27(22)34(33)41)35-23-10-8-7-9-11-23/h7-21,35,41H,5-6H2,1-4H3,(H,44,45,46). The number of hydrogen-bond donors (Lipinski definition) is 3. The number of phenols is 1. The Kier molecular flexibility index (Phi) is 10.8. The fourth-order valence-corrected chi connectivity index (χ4v) is 7.16. The smallest absolute Gasteiger partial charge is 0.296 e. The van der Waals surface area contributed by atoms with Crippen molar-refractivity contribution in [2.24, 2.45) is 20.5 Å². The minimum atomic E-state index is -4.86. The number of para-hydroxylation sites is 1. The Morgan fingerprint density at radius 3 is 1.88 bits per heavy atom. The zero-order valence-electron chi connectivity index (χ0n) is 27.5. The number of fused-ring (bicyclic) bond motifs is 1.